The number of fused-ring (bicyclic) bond motifs is 1. The summed E-state index contributed by atoms with van der Waals surface area (Å²) in [6.07, 6.45) is 1.64. The van der Waals surface area contributed by atoms with Crippen LogP contribution in [-0.2, 0) is 0 Å². The molecule has 0 aliphatic carbocycles. The molecule has 3 aromatic rings. The average molecular weight is 466 g/mol. The van der Waals surface area contributed by atoms with Crippen molar-refractivity contribution >= 4 is 34.6 Å². The van der Waals surface area contributed by atoms with Crippen LogP contribution in [0.3, 0.4) is 0 Å². The van der Waals surface area contributed by atoms with E-state index in [-0.39, 0.29) is 29.8 Å². The van der Waals surface area contributed by atoms with Crippen LogP contribution < -0.4 is 20.1 Å². The zero-order valence-corrected chi connectivity index (χ0v) is 19.1. The Hall–Kier alpha value is -3.66. The van der Waals surface area contributed by atoms with Crippen molar-refractivity contribution in [3.63, 3.8) is 0 Å². The molecule has 0 saturated carbocycles. The number of hydrogen-bond acceptors (Lipinski definition) is 7. The number of carbonyl (C=O) groups is 2. The van der Waals surface area contributed by atoms with Gasteiger partial charge in [0.15, 0.2) is 11.5 Å². The van der Waals surface area contributed by atoms with Crippen molar-refractivity contribution in [1.82, 2.24) is 15.1 Å². The molecule has 2 aliphatic heterocycles. The van der Waals surface area contributed by atoms with Gasteiger partial charge in [0.05, 0.1) is 6.04 Å². The van der Waals surface area contributed by atoms with E-state index in [9.17, 15) is 9.59 Å². The van der Waals surface area contributed by atoms with Crippen LogP contribution in [0.4, 0.5) is 16.2 Å². The largest absolute Gasteiger partial charge is 0.454 e. The Morgan fingerprint density at radius 3 is 2.79 bits per heavy atom. The van der Waals surface area contributed by atoms with E-state index in [0.717, 1.165) is 29.7 Å². The third-order valence-electron chi connectivity index (χ3n) is 5.70. The fourth-order valence-corrected chi connectivity index (χ4v) is 4.83. The highest BCUT2D eigenvalue weighted by molar-refractivity contribution is 7.13. The number of benzene rings is 2. The standard InChI is InChI=1S/C23H23N5O4S/c1-13-5-6-14(2)16(10-13)25-23(30)28-9-3-4-17(28)21-26-27-22(33-21)20(29)24-15-7-8-18-19(11-15)32-12-31-18/h5-8,10-11,17H,3-4,9,12H2,1-2H3,(H,24,29)(H,25,30). The minimum atomic E-state index is -0.359. The van der Waals surface area contributed by atoms with E-state index in [0.29, 0.717) is 28.7 Å². The summed E-state index contributed by atoms with van der Waals surface area (Å²) in [5, 5.41) is 15.0. The highest BCUT2D eigenvalue weighted by Crippen LogP contribution is 2.36. The van der Waals surface area contributed by atoms with Crippen molar-refractivity contribution in [3.05, 3.63) is 57.5 Å². The van der Waals surface area contributed by atoms with E-state index in [2.05, 4.69) is 20.8 Å². The summed E-state index contributed by atoms with van der Waals surface area (Å²) in [5.41, 5.74) is 3.46. The Labute approximate surface area is 194 Å². The molecular weight excluding hydrogens is 442 g/mol. The van der Waals surface area contributed by atoms with Gasteiger partial charge in [-0.2, -0.15) is 0 Å². The molecule has 3 heterocycles. The number of amides is 3. The molecule has 5 rings (SSSR count). The third kappa shape index (κ3) is 4.34. The molecule has 1 atom stereocenters. The monoisotopic (exact) mass is 465 g/mol. The van der Waals surface area contributed by atoms with Gasteiger partial charge in [-0.15, -0.1) is 10.2 Å². The maximum atomic E-state index is 13.0. The molecule has 0 spiro atoms. The number of nitrogens with one attached hydrogen (secondary N) is 2. The first kappa shape index (κ1) is 21.2. The quantitative estimate of drug-likeness (QED) is 0.588. The molecule has 1 saturated heterocycles. The zero-order chi connectivity index (χ0) is 22.9. The second-order valence-electron chi connectivity index (χ2n) is 8.07. The number of hydrogen-bond donors (Lipinski definition) is 2. The summed E-state index contributed by atoms with van der Waals surface area (Å²) in [5.74, 6) is 0.871. The molecule has 2 N–H and O–H groups in total. The Morgan fingerprint density at radius 2 is 1.91 bits per heavy atom. The Morgan fingerprint density at radius 1 is 1.06 bits per heavy atom. The molecule has 3 amide bonds. The first-order valence-corrected chi connectivity index (χ1v) is 11.5. The smallest absolute Gasteiger partial charge is 0.322 e. The van der Waals surface area contributed by atoms with Gasteiger partial charge >= 0.3 is 6.03 Å². The maximum absolute atomic E-state index is 13.0. The molecule has 1 fully saturated rings. The van der Waals surface area contributed by atoms with Crippen LogP contribution in [0, 0.1) is 13.8 Å². The summed E-state index contributed by atoms with van der Waals surface area (Å²) in [4.78, 5) is 27.5. The fraction of sp³-hybridized carbons (Fsp3) is 0.304. The lowest BCUT2D eigenvalue weighted by Crippen LogP contribution is -2.34. The van der Waals surface area contributed by atoms with Gasteiger partial charge in [-0.3, -0.25) is 4.79 Å². The van der Waals surface area contributed by atoms with Crippen LogP contribution in [0.2, 0.25) is 0 Å². The molecule has 2 aromatic carbocycles. The Balaban J connectivity index is 1.27. The van der Waals surface area contributed by atoms with Crippen LogP contribution >= 0.6 is 11.3 Å². The van der Waals surface area contributed by atoms with Gasteiger partial charge in [0, 0.05) is 24.0 Å². The highest BCUT2D eigenvalue weighted by Gasteiger charge is 2.33. The van der Waals surface area contributed by atoms with E-state index in [4.69, 9.17) is 9.47 Å². The summed E-state index contributed by atoms with van der Waals surface area (Å²) in [7, 11) is 0. The normalized spacial score (nSPS) is 16.7. The minimum absolute atomic E-state index is 0.168. The van der Waals surface area contributed by atoms with Gasteiger partial charge in [0.2, 0.25) is 11.8 Å². The molecule has 0 radical (unpaired) electrons. The lowest BCUT2D eigenvalue weighted by atomic mass is 10.1. The Kier molecular flexibility index (Phi) is 5.59. The topological polar surface area (TPSA) is 106 Å². The number of aromatic nitrogens is 2. The number of urea groups is 1. The van der Waals surface area contributed by atoms with Crippen LogP contribution in [-0.4, -0.2) is 40.4 Å². The number of nitrogens with zero attached hydrogens (tertiary/aromatic N) is 3. The minimum Gasteiger partial charge on any atom is -0.454 e. The van der Waals surface area contributed by atoms with Crippen LogP contribution in [0.25, 0.3) is 0 Å². The van der Waals surface area contributed by atoms with Crippen molar-refractivity contribution in [2.24, 2.45) is 0 Å². The van der Waals surface area contributed by atoms with Gasteiger partial charge in [0.25, 0.3) is 5.91 Å². The fourth-order valence-electron chi connectivity index (χ4n) is 3.94. The number of anilines is 2. The molecule has 1 aromatic heterocycles. The molecule has 1 unspecified atom stereocenters. The first-order chi connectivity index (χ1) is 16.0. The van der Waals surface area contributed by atoms with Crippen LogP contribution in [0.15, 0.2) is 36.4 Å². The number of carbonyl (C=O) groups excluding carboxylic acids is 2. The second-order valence-corrected chi connectivity index (χ2v) is 9.08. The zero-order valence-electron chi connectivity index (χ0n) is 18.3. The average Bonchev–Trinajstić information content (AvgIpc) is 3.55. The van der Waals surface area contributed by atoms with Crippen molar-refractivity contribution in [2.45, 2.75) is 32.7 Å². The van der Waals surface area contributed by atoms with Crippen LogP contribution in [0.1, 0.15) is 44.8 Å². The van der Waals surface area contributed by atoms with Gasteiger partial charge in [-0.25, -0.2) is 4.79 Å². The predicted octanol–water partition coefficient (Wildman–Crippen LogP) is 4.50. The van der Waals surface area contributed by atoms with Crippen molar-refractivity contribution in [1.29, 1.82) is 0 Å². The summed E-state index contributed by atoms with van der Waals surface area (Å²) >= 11 is 1.20. The van der Waals surface area contributed by atoms with Gasteiger partial charge in [-0.1, -0.05) is 23.5 Å². The van der Waals surface area contributed by atoms with E-state index < -0.39 is 0 Å². The highest BCUT2D eigenvalue weighted by atomic mass is 32.1. The van der Waals surface area contributed by atoms with E-state index in [1.807, 2.05) is 32.0 Å². The number of ether oxygens (including phenoxy) is 2. The SMILES string of the molecule is Cc1ccc(C)c(NC(=O)N2CCCC2c2nnc(C(=O)Nc3ccc4c(c3)OCO4)s2)c1. The number of aryl methyl sites for hydroxylation is 2. The number of rotatable bonds is 4. The van der Waals surface area contributed by atoms with E-state index >= 15 is 0 Å². The molecule has 33 heavy (non-hydrogen) atoms. The second kappa shape index (κ2) is 8.70. The van der Waals surface area contributed by atoms with Crippen molar-refractivity contribution in [2.75, 3.05) is 24.0 Å². The maximum Gasteiger partial charge on any atom is 0.322 e. The molecular formula is C23H23N5O4S. The third-order valence-corrected chi connectivity index (χ3v) is 6.72. The molecule has 9 nitrogen and oxygen atoms in total. The molecule has 2 aliphatic rings. The number of likely N-dealkylation sites (tertiary alicyclic amines) is 1. The lowest BCUT2D eigenvalue weighted by molar-refractivity contribution is 0.102. The molecule has 10 heteroatoms. The van der Waals surface area contributed by atoms with E-state index in [1.165, 1.54) is 11.3 Å². The van der Waals surface area contributed by atoms with E-state index in [1.54, 1.807) is 23.1 Å². The summed E-state index contributed by atoms with van der Waals surface area (Å²) in [6, 6.07) is 10.8. The molecule has 170 valence electrons. The summed E-state index contributed by atoms with van der Waals surface area (Å²) < 4.78 is 10.6. The Bertz CT molecular complexity index is 1230. The molecule has 0 bridgehead atoms. The van der Waals surface area contributed by atoms with Crippen molar-refractivity contribution < 1.29 is 19.1 Å². The van der Waals surface area contributed by atoms with Crippen molar-refractivity contribution in [3.8, 4) is 11.5 Å². The predicted molar refractivity (Wildman–Crippen MR) is 124 cm³/mol. The van der Waals surface area contributed by atoms with Gasteiger partial charge in [-0.05, 0) is 56.0 Å². The van der Waals surface area contributed by atoms with Gasteiger partial charge < -0.3 is 25.0 Å². The summed E-state index contributed by atoms with van der Waals surface area (Å²) in [6.45, 7) is 4.75. The van der Waals surface area contributed by atoms with Crippen LogP contribution in [0.5, 0.6) is 11.5 Å². The first-order valence-electron chi connectivity index (χ1n) is 10.7. The van der Waals surface area contributed by atoms with Gasteiger partial charge in [0.1, 0.15) is 5.01 Å². The lowest BCUT2D eigenvalue weighted by Gasteiger charge is -2.23.